The van der Waals surface area contributed by atoms with Crippen molar-refractivity contribution in [2.24, 2.45) is 5.92 Å². The monoisotopic (exact) mass is 491 g/mol. The van der Waals surface area contributed by atoms with Crippen LogP contribution in [0.2, 0.25) is 10.0 Å². The Bertz CT molecular complexity index is 1150. The van der Waals surface area contributed by atoms with Crippen LogP contribution in [0.1, 0.15) is 30.1 Å². The van der Waals surface area contributed by atoms with E-state index in [0.29, 0.717) is 22.2 Å². The summed E-state index contributed by atoms with van der Waals surface area (Å²) in [5.74, 6) is -0.977. The molecule has 6 nitrogen and oxygen atoms in total. The standard InChI is InChI=1S/C23H20Cl3N3O3/c1-13-4-3-9-28(12-13)21(30)14-5-2-6-16(10-14)27-20-19(26)22(31)29(23(20)32)18-11-15(24)7-8-17(18)25/h2,5-8,10-11,13,27H,3-4,9,12H2,1H3. The summed E-state index contributed by atoms with van der Waals surface area (Å²) in [6, 6.07) is 11.2. The second kappa shape index (κ2) is 9.14. The maximum atomic E-state index is 13.0. The Morgan fingerprint density at radius 2 is 1.84 bits per heavy atom. The summed E-state index contributed by atoms with van der Waals surface area (Å²) in [7, 11) is 0. The molecule has 9 heteroatoms. The minimum Gasteiger partial charge on any atom is -0.350 e. The van der Waals surface area contributed by atoms with E-state index < -0.39 is 11.8 Å². The molecule has 2 aliphatic rings. The second-order valence-electron chi connectivity index (χ2n) is 7.93. The summed E-state index contributed by atoms with van der Waals surface area (Å²) in [4.78, 5) is 41.4. The maximum absolute atomic E-state index is 13.0. The Labute approximate surface area is 200 Å². The normalized spacial score (nSPS) is 19.1. The first-order valence-corrected chi connectivity index (χ1v) is 11.3. The molecule has 1 atom stereocenters. The van der Waals surface area contributed by atoms with Crippen LogP contribution in [0.3, 0.4) is 0 Å². The number of benzene rings is 2. The third kappa shape index (κ3) is 4.35. The van der Waals surface area contributed by atoms with E-state index >= 15 is 0 Å². The number of halogens is 3. The summed E-state index contributed by atoms with van der Waals surface area (Å²) in [5.41, 5.74) is 1.01. The fourth-order valence-electron chi connectivity index (χ4n) is 3.92. The fourth-order valence-corrected chi connectivity index (χ4v) is 4.50. The Morgan fingerprint density at radius 3 is 2.59 bits per heavy atom. The number of piperidine rings is 1. The van der Waals surface area contributed by atoms with Crippen LogP contribution in [0.5, 0.6) is 0 Å². The van der Waals surface area contributed by atoms with Gasteiger partial charge in [-0.3, -0.25) is 14.4 Å². The van der Waals surface area contributed by atoms with Gasteiger partial charge in [-0.25, -0.2) is 4.90 Å². The second-order valence-corrected chi connectivity index (χ2v) is 9.16. The van der Waals surface area contributed by atoms with Gasteiger partial charge >= 0.3 is 0 Å². The largest absolute Gasteiger partial charge is 0.350 e. The van der Waals surface area contributed by atoms with Crippen LogP contribution in [0, 0.1) is 5.92 Å². The quantitative estimate of drug-likeness (QED) is 0.588. The Hall–Kier alpha value is -2.54. The zero-order valence-electron chi connectivity index (χ0n) is 17.2. The number of rotatable bonds is 4. The molecule has 166 valence electrons. The zero-order chi connectivity index (χ0) is 23.0. The molecule has 1 unspecified atom stereocenters. The van der Waals surface area contributed by atoms with Crippen LogP contribution in [-0.2, 0) is 9.59 Å². The highest BCUT2D eigenvalue weighted by Crippen LogP contribution is 2.36. The lowest BCUT2D eigenvalue weighted by atomic mass is 9.99. The molecule has 0 aromatic heterocycles. The average Bonchev–Trinajstić information content (AvgIpc) is 2.98. The van der Waals surface area contributed by atoms with Crippen LogP contribution < -0.4 is 10.2 Å². The molecule has 0 saturated carbocycles. The summed E-state index contributed by atoms with van der Waals surface area (Å²) >= 11 is 18.4. The first-order valence-electron chi connectivity index (χ1n) is 10.2. The van der Waals surface area contributed by atoms with Crippen molar-refractivity contribution in [2.75, 3.05) is 23.3 Å². The number of carbonyl (C=O) groups is 3. The molecule has 0 aliphatic carbocycles. The van der Waals surface area contributed by atoms with Crippen molar-refractivity contribution in [3.05, 3.63) is 68.8 Å². The predicted octanol–water partition coefficient (Wildman–Crippen LogP) is 5.30. The number of hydrogen-bond acceptors (Lipinski definition) is 4. The number of anilines is 2. The van der Waals surface area contributed by atoms with Crippen molar-refractivity contribution in [1.82, 2.24) is 4.90 Å². The highest BCUT2D eigenvalue weighted by molar-refractivity contribution is 6.54. The lowest BCUT2D eigenvalue weighted by Gasteiger charge is -2.31. The van der Waals surface area contributed by atoms with Gasteiger partial charge in [0.1, 0.15) is 10.7 Å². The minimum atomic E-state index is -0.710. The summed E-state index contributed by atoms with van der Waals surface area (Å²) in [6.45, 7) is 3.57. The number of imide groups is 1. The number of nitrogens with one attached hydrogen (secondary N) is 1. The molecule has 2 aliphatic heterocycles. The van der Waals surface area contributed by atoms with Crippen LogP contribution >= 0.6 is 34.8 Å². The van der Waals surface area contributed by atoms with Gasteiger partial charge in [0.05, 0.1) is 10.7 Å². The molecule has 1 fully saturated rings. The number of likely N-dealkylation sites (tertiary alicyclic amines) is 1. The Kier molecular flexibility index (Phi) is 6.47. The topological polar surface area (TPSA) is 69.7 Å². The molecule has 32 heavy (non-hydrogen) atoms. The molecular weight excluding hydrogens is 473 g/mol. The van der Waals surface area contributed by atoms with Gasteiger partial charge in [-0.15, -0.1) is 0 Å². The first-order chi connectivity index (χ1) is 15.3. The van der Waals surface area contributed by atoms with E-state index in [9.17, 15) is 14.4 Å². The third-order valence-corrected chi connectivity index (χ3v) is 6.40. The van der Waals surface area contributed by atoms with E-state index in [1.54, 1.807) is 30.3 Å². The lowest BCUT2D eigenvalue weighted by molar-refractivity contribution is -0.120. The van der Waals surface area contributed by atoms with Gasteiger partial charge in [-0.1, -0.05) is 47.8 Å². The van der Waals surface area contributed by atoms with E-state index in [0.717, 1.165) is 30.8 Å². The van der Waals surface area contributed by atoms with Gasteiger partial charge in [0.2, 0.25) is 0 Å². The van der Waals surface area contributed by atoms with Gasteiger partial charge in [-0.2, -0.15) is 0 Å². The van der Waals surface area contributed by atoms with Crippen molar-refractivity contribution in [1.29, 1.82) is 0 Å². The molecule has 0 bridgehead atoms. The zero-order valence-corrected chi connectivity index (χ0v) is 19.5. The van der Waals surface area contributed by atoms with Crippen LogP contribution in [0.25, 0.3) is 0 Å². The maximum Gasteiger partial charge on any atom is 0.283 e. The van der Waals surface area contributed by atoms with E-state index in [1.165, 1.54) is 12.1 Å². The highest BCUT2D eigenvalue weighted by Gasteiger charge is 2.40. The molecule has 1 saturated heterocycles. The van der Waals surface area contributed by atoms with Crippen molar-refractivity contribution in [3.63, 3.8) is 0 Å². The van der Waals surface area contributed by atoms with E-state index in [1.807, 2.05) is 4.90 Å². The Morgan fingerprint density at radius 1 is 1.06 bits per heavy atom. The van der Waals surface area contributed by atoms with E-state index in [4.69, 9.17) is 34.8 Å². The number of hydrogen-bond donors (Lipinski definition) is 1. The number of carbonyl (C=O) groups excluding carboxylic acids is 3. The molecule has 1 N–H and O–H groups in total. The summed E-state index contributed by atoms with van der Waals surface area (Å²) < 4.78 is 0. The molecule has 3 amide bonds. The third-order valence-electron chi connectivity index (χ3n) is 5.50. The molecule has 2 aromatic carbocycles. The molecule has 4 rings (SSSR count). The SMILES string of the molecule is CC1CCCN(C(=O)c2cccc(NC3=C(Cl)C(=O)N(c4cc(Cl)ccc4Cl)C3=O)c2)C1. The summed E-state index contributed by atoms with van der Waals surface area (Å²) in [6.07, 6.45) is 2.09. The fraction of sp³-hybridized carbons (Fsp3) is 0.261. The minimum absolute atomic E-state index is 0.0681. The molecule has 0 spiro atoms. The Balaban J connectivity index is 1.57. The van der Waals surface area contributed by atoms with Gasteiger partial charge in [0.25, 0.3) is 17.7 Å². The van der Waals surface area contributed by atoms with Gasteiger partial charge in [0, 0.05) is 29.4 Å². The van der Waals surface area contributed by atoms with E-state index in [2.05, 4.69) is 12.2 Å². The number of nitrogens with zero attached hydrogens (tertiary/aromatic N) is 2. The highest BCUT2D eigenvalue weighted by atomic mass is 35.5. The molecular formula is C23H20Cl3N3O3. The van der Waals surface area contributed by atoms with Gasteiger partial charge < -0.3 is 10.2 Å². The molecule has 2 heterocycles. The molecule has 2 aromatic rings. The van der Waals surface area contributed by atoms with Crippen molar-refractivity contribution in [2.45, 2.75) is 19.8 Å². The van der Waals surface area contributed by atoms with Gasteiger partial charge in [-0.05, 0) is 55.2 Å². The van der Waals surface area contributed by atoms with Crippen LogP contribution in [-0.4, -0.2) is 35.7 Å². The molecule has 0 radical (unpaired) electrons. The summed E-state index contributed by atoms with van der Waals surface area (Å²) in [5, 5.41) is 3.14. The van der Waals surface area contributed by atoms with Crippen LogP contribution in [0.4, 0.5) is 11.4 Å². The van der Waals surface area contributed by atoms with Crippen molar-refractivity contribution in [3.8, 4) is 0 Å². The van der Waals surface area contributed by atoms with Crippen LogP contribution in [0.15, 0.2) is 53.2 Å². The van der Waals surface area contributed by atoms with E-state index in [-0.39, 0.29) is 27.3 Å². The lowest BCUT2D eigenvalue weighted by Crippen LogP contribution is -2.39. The van der Waals surface area contributed by atoms with Gasteiger partial charge in [0.15, 0.2) is 0 Å². The average molecular weight is 493 g/mol. The smallest absolute Gasteiger partial charge is 0.283 e. The predicted molar refractivity (Wildman–Crippen MR) is 126 cm³/mol. The van der Waals surface area contributed by atoms with Crippen molar-refractivity contribution >= 4 is 63.9 Å². The van der Waals surface area contributed by atoms with Crippen molar-refractivity contribution < 1.29 is 14.4 Å². The number of amides is 3. The first kappa shape index (κ1) is 22.6.